The number of anilines is 1. The van der Waals surface area contributed by atoms with E-state index in [9.17, 15) is 14.0 Å². The summed E-state index contributed by atoms with van der Waals surface area (Å²) in [6.45, 7) is 4.05. The lowest BCUT2D eigenvalue weighted by molar-refractivity contribution is -0.136. The molecule has 0 aliphatic rings. The van der Waals surface area contributed by atoms with E-state index in [0.717, 1.165) is 11.1 Å². The number of carbonyl (C=O) groups excluding carboxylic acids is 2. The number of aryl methyl sites for hydroxylation is 2. The fourth-order valence-corrected chi connectivity index (χ4v) is 2.72. The number of hydrazone groups is 1. The van der Waals surface area contributed by atoms with Gasteiger partial charge in [-0.15, -0.1) is 0 Å². The number of nitrogens with zero attached hydrogens (tertiary/aromatic N) is 1. The maximum absolute atomic E-state index is 13.3. The zero-order chi connectivity index (χ0) is 22.2. The highest BCUT2D eigenvalue weighted by atomic mass is 19.1. The zero-order valence-electron chi connectivity index (χ0n) is 17.2. The van der Waals surface area contributed by atoms with Crippen molar-refractivity contribution in [3.05, 3.63) is 94.8 Å². The molecule has 3 aromatic rings. The molecular formula is C24H22FN3O3. The van der Waals surface area contributed by atoms with Gasteiger partial charge in [-0.3, -0.25) is 9.59 Å². The Balaban J connectivity index is 1.58. The molecule has 0 heterocycles. The van der Waals surface area contributed by atoms with Crippen molar-refractivity contribution in [3.63, 3.8) is 0 Å². The number of ether oxygens (including phenoxy) is 1. The molecule has 0 bridgehead atoms. The van der Waals surface area contributed by atoms with Gasteiger partial charge in [0.1, 0.15) is 18.2 Å². The summed E-state index contributed by atoms with van der Waals surface area (Å²) in [5, 5.41) is 6.37. The fourth-order valence-electron chi connectivity index (χ4n) is 2.72. The summed E-state index contributed by atoms with van der Waals surface area (Å²) in [4.78, 5) is 24.1. The number of halogens is 1. The van der Waals surface area contributed by atoms with Gasteiger partial charge < -0.3 is 10.1 Å². The summed E-state index contributed by atoms with van der Waals surface area (Å²) in [7, 11) is 0. The highest BCUT2D eigenvalue weighted by Gasteiger charge is 2.13. The van der Waals surface area contributed by atoms with Crippen LogP contribution in [0.4, 0.5) is 10.1 Å². The molecule has 0 saturated heterocycles. The molecule has 0 aliphatic carbocycles. The molecule has 0 fully saturated rings. The standard InChI is InChI=1S/C24H22FN3O3/c1-16-10-11-21(12-17(16)2)27-23(29)24(30)28-26-14-19-7-3-4-9-22(19)31-15-18-6-5-8-20(25)13-18/h3-14H,15H2,1-2H3,(H,27,29)(H,28,30)/b26-14-. The van der Waals surface area contributed by atoms with Crippen LogP contribution < -0.4 is 15.5 Å². The van der Waals surface area contributed by atoms with Crippen LogP contribution in [0.15, 0.2) is 71.8 Å². The van der Waals surface area contributed by atoms with Gasteiger partial charge in [0, 0.05) is 11.3 Å². The normalized spacial score (nSPS) is 10.7. The van der Waals surface area contributed by atoms with E-state index >= 15 is 0 Å². The van der Waals surface area contributed by atoms with Crippen LogP contribution in [0.3, 0.4) is 0 Å². The van der Waals surface area contributed by atoms with E-state index < -0.39 is 11.8 Å². The van der Waals surface area contributed by atoms with Crippen molar-refractivity contribution in [3.8, 4) is 5.75 Å². The molecule has 0 radical (unpaired) electrons. The minimum absolute atomic E-state index is 0.174. The Morgan fingerprint density at radius 1 is 0.968 bits per heavy atom. The van der Waals surface area contributed by atoms with Crippen molar-refractivity contribution in [1.82, 2.24) is 5.43 Å². The minimum atomic E-state index is -0.896. The number of para-hydroxylation sites is 1. The van der Waals surface area contributed by atoms with Gasteiger partial charge in [0.15, 0.2) is 0 Å². The molecule has 7 heteroatoms. The lowest BCUT2D eigenvalue weighted by Crippen LogP contribution is -2.32. The molecule has 0 atom stereocenters. The first kappa shape index (κ1) is 21.7. The molecule has 3 aromatic carbocycles. The predicted octanol–water partition coefficient (Wildman–Crippen LogP) is 4.11. The third-order valence-electron chi connectivity index (χ3n) is 4.54. The molecule has 0 aliphatic heterocycles. The van der Waals surface area contributed by atoms with Gasteiger partial charge in [0.05, 0.1) is 6.21 Å². The average molecular weight is 419 g/mol. The molecule has 0 spiro atoms. The smallest absolute Gasteiger partial charge is 0.329 e. The number of hydrogen-bond donors (Lipinski definition) is 2. The maximum atomic E-state index is 13.3. The molecule has 3 rings (SSSR count). The van der Waals surface area contributed by atoms with Crippen molar-refractivity contribution in [2.45, 2.75) is 20.5 Å². The molecule has 0 unspecified atom stereocenters. The zero-order valence-corrected chi connectivity index (χ0v) is 17.2. The van der Waals surface area contributed by atoms with E-state index in [-0.39, 0.29) is 12.4 Å². The number of benzene rings is 3. The maximum Gasteiger partial charge on any atom is 0.329 e. The second-order valence-electron chi connectivity index (χ2n) is 6.91. The van der Waals surface area contributed by atoms with Crippen LogP contribution in [-0.4, -0.2) is 18.0 Å². The second kappa shape index (κ2) is 10.2. The summed E-state index contributed by atoms with van der Waals surface area (Å²) in [5.41, 5.74) is 6.10. The fraction of sp³-hybridized carbons (Fsp3) is 0.125. The van der Waals surface area contributed by atoms with Gasteiger partial charge in [-0.25, -0.2) is 9.82 Å². The first-order chi connectivity index (χ1) is 14.9. The number of carbonyl (C=O) groups is 2. The molecule has 2 N–H and O–H groups in total. The summed E-state index contributed by atoms with van der Waals surface area (Å²) in [6.07, 6.45) is 1.38. The average Bonchev–Trinajstić information content (AvgIpc) is 2.75. The Morgan fingerprint density at radius 3 is 2.55 bits per heavy atom. The van der Waals surface area contributed by atoms with Crippen LogP contribution in [0.25, 0.3) is 0 Å². The molecular weight excluding hydrogens is 397 g/mol. The summed E-state index contributed by atoms with van der Waals surface area (Å²) in [5.74, 6) is -1.55. The van der Waals surface area contributed by atoms with Gasteiger partial charge in [-0.1, -0.05) is 30.3 Å². The minimum Gasteiger partial charge on any atom is -0.488 e. The number of rotatable bonds is 6. The lowest BCUT2D eigenvalue weighted by atomic mass is 10.1. The van der Waals surface area contributed by atoms with E-state index in [1.165, 1.54) is 18.3 Å². The number of nitrogens with one attached hydrogen (secondary N) is 2. The molecule has 0 aromatic heterocycles. The third kappa shape index (κ3) is 6.24. The molecule has 31 heavy (non-hydrogen) atoms. The van der Waals surface area contributed by atoms with Crippen LogP contribution in [0.1, 0.15) is 22.3 Å². The van der Waals surface area contributed by atoms with E-state index in [2.05, 4.69) is 15.8 Å². The monoisotopic (exact) mass is 419 g/mol. The molecule has 2 amide bonds. The van der Waals surface area contributed by atoms with Crippen molar-refractivity contribution in [2.24, 2.45) is 5.10 Å². The van der Waals surface area contributed by atoms with Crippen molar-refractivity contribution in [2.75, 3.05) is 5.32 Å². The number of hydrogen-bond acceptors (Lipinski definition) is 4. The Labute approximate surface area is 179 Å². The van der Waals surface area contributed by atoms with Crippen molar-refractivity contribution < 1.29 is 18.7 Å². The van der Waals surface area contributed by atoms with Gasteiger partial charge in [0.2, 0.25) is 0 Å². The molecule has 0 saturated carbocycles. The summed E-state index contributed by atoms with van der Waals surface area (Å²) in [6, 6.07) is 18.5. The summed E-state index contributed by atoms with van der Waals surface area (Å²) >= 11 is 0. The van der Waals surface area contributed by atoms with E-state index in [4.69, 9.17) is 4.74 Å². The number of amides is 2. The first-order valence-electron chi connectivity index (χ1n) is 9.60. The summed E-state index contributed by atoms with van der Waals surface area (Å²) < 4.78 is 19.0. The molecule has 6 nitrogen and oxygen atoms in total. The first-order valence-corrected chi connectivity index (χ1v) is 9.60. The van der Waals surface area contributed by atoms with Gasteiger partial charge in [-0.2, -0.15) is 5.10 Å². The van der Waals surface area contributed by atoms with Gasteiger partial charge in [0.25, 0.3) is 0 Å². The Morgan fingerprint density at radius 2 is 1.77 bits per heavy atom. The van der Waals surface area contributed by atoms with Crippen molar-refractivity contribution >= 4 is 23.7 Å². The van der Waals surface area contributed by atoms with E-state index in [1.54, 1.807) is 48.5 Å². The van der Waals surface area contributed by atoms with Crippen LogP contribution in [-0.2, 0) is 16.2 Å². The predicted molar refractivity (Wildman–Crippen MR) is 117 cm³/mol. The van der Waals surface area contributed by atoms with Crippen LogP contribution in [0.5, 0.6) is 5.75 Å². The van der Waals surface area contributed by atoms with Crippen LogP contribution in [0, 0.1) is 19.7 Å². The van der Waals surface area contributed by atoms with E-state index in [0.29, 0.717) is 22.6 Å². The largest absolute Gasteiger partial charge is 0.488 e. The highest BCUT2D eigenvalue weighted by molar-refractivity contribution is 6.39. The SMILES string of the molecule is Cc1ccc(NC(=O)C(=O)N/N=C\c2ccccc2OCc2cccc(F)c2)cc1C. The Bertz CT molecular complexity index is 1130. The lowest BCUT2D eigenvalue weighted by Gasteiger charge is -2.09. The van der Waals surface area contributed by atoms with E-state index in [1.807, 2.05) is 19.9 Å². The Hall–Kier alpha value is -4.00. The van der Waals surface area contributed by atoms with Crippen LogP contribution >= 0.6 is 0 Å². The molecule has 158 valence electrons. The second-order valence-corrected chi connectivity index (χ2v) is 6.91. The third-order valence-corrected chi connectivity index (χ3v) is 4.54. The highest BCUT2D eigenvalue weighted by Crippen LogP contribution is 2.18. The van der Waals surface area contributed by atoms with Gasteiger partial charge in [-0.05, 0) is 66.9 Å². The van der Waals surface area contributed by atoms with Crippen LogP contribution in [0.2, 0.25) is 0 Å². The van der Waals surface area contributed by atoms with Crippen molar-refractivity contribution in [1.29, 1.82) is 0 Å². The topological polar surface area (TPSA) is 79.8 Å². The quantitative estimate of drug-likeness (QED) is 0.359. The Kier molecular flexibility index (Phi) is 7.11. The van der Waals surface area contributed by atoms with Gasteiger partial charge >= 0.3 is 11.8 Å².